The van der Waals surface area contributed by atoms with E-state index >= 15 is 0 Å². The lowest BCUT2D eigenvalue weighted by molar-refractivity contribution is 0.0696. The summed E-state index contributed by atoms with van der Waals surface area (Å²) in [5.74, 6) is -0.940. The SMILES string of the molecule is CCC(C)NC(=O)N1Cc2ccc(C(=O)O)cc2C1. The van der Waals surface area contributed by atoms with Crippen LogP contribution in [0, 0.1) is 0 Å². The molecule has 1 aromatic carbocycles. The fourth-order valence-corrected chi connectivity index (χ4v) is 2.08. The molecular formula is C14H18N2O3. The van der Waals surface area contributed by atoms with Crippen molar-refractivity contribution < 1.29 is 14.7 Å². The second-order valence-electron chi connectivity index (χ2n) is 4.90. The highest BCUT2D eigenvalue weighted by molar-refractivity contribution is 5.88. The zero-order valence-electron chi connectivity index (χ0n) is 11.1. The Hall–Kier alpha value is -2.04. The molecule has 0 radical (unpaired) electrons. The minimum absolute atomic E-state index is 0.0950. The van der Waals surface area contributed by atoms with Crippen LogP contribution >= 0.6 is 0 Å². The summed E-state index contributed by atoms with van der Waals surface area (Å²) in [5, 5.41) is 11.9. The number of benzene rings is 1. The molecule has 1 unspecified atom stereocenters. The number of urea groups is 1. The van der Waals surface area contributed by atoms with Gasteiger partial charge in [0.05, 0.1) is 5.56 Å². The van der Waals surface area contributed by atoms with E-state index in [1.165, 1.54) is 0 Å². The van der Waals surface area contributed by atoms with Crippen molar-refractivity contribution in [1.29, 1.82) is 0 Å². The molecular weight excluding hydrogens is 244 g/mol. The first kappa shape index (κ1) is 13.4. The average Bonchev–Trinajstić information content (AvgIpc) is 2.81. The van der Waals surface area contributed by atoms with E-state index in [1.807, 2.05) is 13.8 Å². The molecule has 102 valence electrons. The number of carbonyl (C=O) groups excluding carboxylic acids is 1. The van der Waals surface area contributed by atoms with E-state index in [4.69, 9.17) is 5.11 Å². The lowest BCUT2D eigenvalue weighted by Crippen LogP contribution is -2.41. The van der Waals surface area contributed by atoms with Gasteiger partial charge in [-0.2, -0.15) is 0 Å². The van der Waals surface area contributed by atoms with Gasteiger partial charge in [-0.1, -0.05) is 13.0 Å². The summed E-state index contributed by atoms with van der Waals surface area (Å²) in [5.41, 5.74) is 2.20. The highest BCUT2D eigenvalue weighted by Crippen LogP contribution is 2.24. The van der Waals surface area contributed by atoms with Crippen molar-refractivity contribution >= 4 is 12.0 Å². The third kappa shape index (κ3) is 2.86. The number of fused-ring (bicyclic) bond motifs is 1. The first-order valence-electron chi connectivity index (χ1n) is 6.41. The van der Waals surface area contributed by atoms with Crippen LogP contribution in [-0.2, 0) is 13.1 Å². The van der Waals surface area contributed by atoms with E-state index in [9.17, 15) is 9.59 Å². The fraction of sp³-hybridized carbons (Fsp3) is 0.429. The Bertz CT molecular complexity index is 513. The van der Waals surface area contributed by atoms with Gasteiger partial charge in [0.15, 0.2) is 0 Å². The molecule has 1 atom stereocenters. The van der Waals surface area contributed by atoms with E-state index in [0.29, 0.717) is 13.1 Å². The van der Waals surface area contributed by atoms with E-state index in [2.05, 4.69) is 5.32 Å². The van der Waals surface area contributed by atoms with Crippen LogP contribution in [-0.4, -0.2) is 28.0 Å². The number of amides is 2. The van der Waals surface area contributed by atoms with Crippen molar-refractivity contribution in [3.05, 3.63) is 34.9 Å². The molecule has 0 saturated carbocycles. The van der Waals surface area contributed by atoms with Gasteiger partial charge in [-0.3, -0.25) is 0 Å². The van der Waals surface area contributed by atoms with Crippen molar-refractivity contribution in [1.82, 2.24) is 10.2 Å². The molecule has 0 aromatic heterocycles. The van der Waals surface area contributed by atoms with Crippen molar-refractivity contribution in [2.75, 3.05) is 0 Å². The zero-order valence-corrected chi connectivity index (χ0v) is 11.1. The Morgan fingerprint density at radius 3 is 2.68 bits per heavy atom. The van der Waals surface area contributed by atoms with Crippen LogP contribution in [0.5, 0.6) is 0 Å². The first-order chi connectivity index (χ1) is 9.01. The Morgan fingerprint density at radius 1 is 1.37 bits per heavy atom. The molecule has 0 saturated heterocycles. The van der Waals surface area contributed by atoms with Crippen molar-refractivity contribution in [3.8, 4) is 0 Å². The zero-order chi connectivity index (χ0) is 14.0. The largest absolute Gasteiger partial charge is 0.478 e. The summed E-state index contributed by atoms with van der Waals surface area (Å²) >= 11 is 0. The fourth-order valence-electron chi connectivity index (χ4n) is 2.08. The lowest BCUT2D eigenvalue weighted by Gasteiger charge is -2.19. The first-order valence-corrected chi connectivity index (χ1v) is 6.41. The summed E-state index contributed by atoms with van der Waals surface area (Å²) in [4.78, 5) is 24.6. The number of nitrogens with zero attached hydrogens (tertiary/aromatic N) is 1. The number of hydrogen-bond donors (Lipinski definition) is 2. The van der Waals surface area contributed by atoms with E-state index in [0.717, 1.165) is 17.5 Å². The van der Waals surface area contributed by atoms with Gasteiger partial charge in [-0.25, -0.2) is 9.59 Å². The Balaban J connectivity index is 2.07. The quantitative estimate of drug-likeness (QED) is 0.877. The predicted octanol–water partition coefficient (Wildman–Crippen LogP) is 2.21. The van der Waals surface area contributed by atoms with Crippen LogP contribution in [0.4, 0.5) is 4.79 Å². The molecule has 2 N–H and O–H groups in total. The number of rotatable bonds is 3. The standard InChI is InChI=1S/C14H18N2O3/c1-3-9(2)15-14(19)16-7-11-5-4-10(13(17)18)6-12(11)8-16/h4-6,9H,3,7-8H2,1-2H3,(H,15,19)(H,17,18). The van der Waals surface area contributed by atoms with Gasteiger partial charge >= 0.3 is 12.0 Å². The maximum Gasteiger partial charge on any atom is 0.335 e. The number of aromatic carboxylic acids is 1. The molecule has 0 spiro atoms. The molecule has 19 heavy (non-hydrogen) atoms. The smallest absolute Gasteiger partial charge is 0.335 e. The molecule has 5 heteroatoms. The number of hydrogen-bond acceptors (Lipinski definition) is 2. The van der Waals surface area contributed by atoms with Crippen LogP contribution in [0.25, 0.3) is 0 Å². The van der Waals surface area contributed by atoms with E-state index in [1.54, 1.807) is 23.1 Å². The van der Waals surface area contributed by atoms with Crippen LogP contribution in [0.3, 0.4) is 0 Å². The molecule has 0 fully saturated rings. The number of carboxylic acids is 1. The summed E-state index contributed by atoms with van der Waals surface area (Å²) in [6.45, 7) is 4.99. The topological polar surface area (TPSA) is 69.6 Å². The number of carbonyl (C=O) groups is 2. The Morgan fingerprint density at radius 2 is 2.05 bits per heavy atom. The number of carboxylic acid groups (broad SMARTS) is 1. The van der Waals surface area contributed by atoms with Gasteiger partial charge in [0.2, 0.25) is 0 Å². The highest BCUT2D eigenvalue weighted by atomic mass is 16.4. The monoisotopic (exact) mass is 262 g/mol. The average molecular weight is 262 g/mol. The molecule has 0 aliphatic carbocycles. The van der Waals surface area contributed by atoms with Crippen LogP contribution in [0.2, 0.25) is 0 Å². The normalized spacial score (nSPS) is 14.9. The van der Waals surface area contributed by atoms with Crippen LogP contribution < -0.4 is 5.32 Å². The molecule has 1 heterocycles. The van der Waals surface area contributed by atoms with Gasteiger partial charge in [-0.15, -0.1) is 0 Å². The van der Waals surface area contributed by atoms with Gasteiger partial charge in [-0.05, 0) is 36.6 Å². The summed E-state index contributed by atoms with van der Waals surface area (Å²) < 4.78 is 0. The van der Waals surface area contributed by atoms with Crippen LogP contribution in [0.15, 0.2) is 18.2 Å². The van der Waals surface area contributed by atoms with E-state index in [-0.39, 0.29) is 17.6 Å². The van der Waals surface area contributed by atoms with Crippen molar-refractivity contribution in [2.24, 2.45) is 0 Å². The van der Waals surface area contributed by atoms with Gasteiger partial charge < -0.3 is 15.3 Å². The van der Waals surface area contributed by atoms with Gasteiger partial charge in [0.25, 0.3) is 0 Å². The second kappa shape index (κ2) is 5.30. The molecule has 2 amide bonds. The molecule has 1 aliphatic rings. The van der Waals surface area contributed by atoms with Gasteiger partial charge in [0.1, 0.15) is 0 Å². The second-order valence-corrected chi connectivity index (χ2v) is 4.90. The highest BCUT2D eigenvalue weighted by Gasteiger charge is 2.24. The minimum Gasteiger partial charge on any atom is -0.478 e. The number of nitrogens with one attached hydrogen (secondary N) is 1. The summed E-state index contributed by atoms with van der Waals surface area (Å²) in [6.07, 6.45) is 0.885. The third-order valence-corrected chi connectivity index (χ3v) is 3.45. The summed E-state index contributed by atoms with van der Waals surface area (Å²) in [7, 11) is 0. The molecule has 1 aromatic rings. The predicted molar refractivity (Wildman–Crippen MR) is 70.9 cm³/mol. The van der Waals surface area contributed by atoms with E-state index < -0.39 is 5.97 Å². The Labute approximate surface area is 112 Å². The van der Waals surface area contributed by atoms with Gasteiger partial charge in [0, 0.05) is 19.1 Å². The molecule has 0 bridgehead atoms. The third-order valence-electron chi connectivity index (χ3n) is 3.45. The minimum atomic E-state index is -0.940. The lowest BCUT2D eigenvalue weighted by atomic mass is 10.1. The van der Waals surface area contributed by atoms with Crippen LogP contribution in [0.1, 0.15) is 41.8 Å². The maximum atomic E-state index is 12.0. The Kier molecular flexibility index (Phi) is 3.74. The molecule has 2 rings (SSSR count). The van der Waals surface area contributed by atoms with Crippen molar-refractivity contribution in [3.63, 3.8) is 0 Å². The molecule has 1 aliphatic heterocycles. The molecule has 5 nitrogen and oxygen atoms in total. The maximum absolute atomic E-state index is 12.0. The summed E-state index contributed by atoms with van der Waals surface area (Å²) in [6, 6.07) is 5.06. The van der Waals surface area contributed by atoms with Crippen molar-refractivity contribution in [2.45, 2.75) is 39.4 Å².